The van der Waals surface area contributed by atoms with Gasteiger partial charge in [0, 0.05) is 25.4 Å². The number of carbonyl (C=O) groups excluding carboxylic acids is 2. The van der Waals surface area contributed by atoms with Crippen LogP contribution in [-0.2, 0) is 23.1 Å². The smallest absolute Gasteiger partial charge is 0.313 e. The molecule has 166 valence electrons. The summed E-state index contributed by atoms with van der Waals surface area (Å²) in [7, 11) is 1.75. The van der Waals surface area contributed by atoms with E-state index in [1.807, 2.05) is 6.07 Å². The summed E-state index contributed by atoms with van der Waals surface area (Å²) in [5.74, 6) is 0.255. The van der Waals surface area contributed by atoms with Gasteiger partial charge >= 0.3 is 11.8 Å². The highest BCUT2D eigenvalue weighted by Gasteiger charge is 2.35. The first-order valence-corrected chi connectivity index (χ1v) is 10.9. The molecule has 0 spiro atoms. The highest BCUT2D eigenvalue weighted by Crippen LogP contribution is 2.37. The summed E-state index contributed by atoms with van der Waals surface area (Å²) in [6, 6.07) is 5.97. The fourth-order valence-electron chi connectivity index (χ4n) is 4.72. The second-order valence-electron chi connectivity index (χ2n) is 8.66. The molecule has 4 heterocycles. The Kier molecular flexibility index (Phi) is 4.96. The van der Waals surface area contributed by atoms with E-state index in [4.69, 9.17) is 10.5 Å². The topological polar surface area (TPSA) is 115 Å². The fourth-order valence-corrected chi connectivity index (χ4v) is 4.72. The van der Waals surface area contributed by atoms with E-state index in [1.165, 1.54) is 11.8 Å². The summed E-state index contributed by atoms with van der Waals surface area (Å²) in [6.45, 7) is 3.31. The van der Waals surface area contributed by atoms with Crippen LogP contribution >= 0.6 is 0 Å². The number of aromatic nitrogens is 3. The van der Waals surface area contributed by atoms with Crippen molar-refractivity contribution in [2.45, 2.75) is 32.2 Å². The number of hydrogen-bond acceptors (Lipinski definition) is 6. The third kappa shape index (κ3) is 3.43. The molecule has 2 aliphatic rings. The lowest BCUT2D eigenvalue weighted by Crippen LogP contribution is -2.46. The molecule has 5 rings (SSSR count). The van der Waals surface area contributed by atoms with E-state index in [0.717, 1.165) is 30.6 Å². The van der Waals surface area contributed by atoms with Crippen LogP contribution in [-0.4, -0.2) is 44.6 Å². The first-order chi connectivity index (χ1) is 15.4. The SMILES string of the molecule is C[C@H]1CC[C@H](c2ccc3c(c2)OCC3)N(C(=O)C(=O)Nc2cnc(N)c3c2cnn3C)C1. The number of amides is 2. The number of piperidine rings is 1. The van der Waals surface area contributed by atoms with Gasteiger partial charge in [0.1, 0.15) is 17.1 Å². The Hall–Kier alpha value is -3.62. The van der Waals surface area contributed by atoms with Gasteiger partial charge in [-0.05, 0) is 36.0 Å². The number of benzene rings is 1. The number of likely N-dealkylation sites (tertiary alicyclic amines) is 1. The van der Waals surface area contributed by atoms with Crippen molar-refractivity contribution in [3.63, 3.8) is 0 Å². The molecule has 0 bridgehead atoms. The largest absolute Gasteiger partial charge is 0.493 e. The standard InChI is InChI=1S/C23H26N6O3/c1-13-3-6-18(15-5-4-14-7-8-32-19(14)9-15)29(12-13)23(31)22(30)27-17-11-25-21(24)20-16(17)10-26-28(20)2/h4-5,9-11,13,18H,3,6-8,12H2,1-2H3,(H2,24,25)(H,27,30)/t13-,18+/m0/s1. The number of hydrogen-bond donors (Lipinski definition) is 2. The fraction of sp³-hybridized carbons (Fsp3) is 0.391. The first kappa shape index (κ1) is 20.3. The highest BCUT2D eigenvalue weighted by molar-refractivity contribution is 6.40. The van der Waals surface area contributed by atoms with E-state index >= 15 is 0 Å². The average Bonchev–Trinajstić information content (AvgIpc) is 3.41. The van der Waals surface area contributed by atoms with Crippen LogP contribution in [0.4, 0.5) is 11.5 Å². The number of ether oxygens (including phenoxy) is 1. The number of pyridine rings is 1. The highest BCUT2D eigenvalue weighted by atomic mass is 16.5. The average molecular weight is 435 g/mol. The summed E-state index contributed by atoms with van der Waals surface area (Å²) in [4.78, 5) is 32.1. The van der Waals surface area contributed by atoms with Crippen molar-refractivity contribution in [3.8, 4) is 5.75 Å². The Labute approximate surface area is 185 Å². The number of carbonyl (C=O) groups is 2. The van der Waals surface area contributed by atoms with Gasteiger partial charge < -0.3 is 20.7 Å². The van der Waals surface area contributed by atoms with Gasteiger partial charge in [-0.25, -0.2) is 4.98 Å². The molecule has 3 aromatic rings. The van der Waals surface area contributed by atoms with Crippen molar-refractivity contribution in [1.29, 1.82) is 0 Å². The quantitative estimate of drug-likeness (QED) is 0.599. The lowest BCUT2D eigenvalue weighted by molar-refractivity contribution is -0.146. The number of rotatable bonds is 2. The molecule has 2 amide bonds. The predicted octanol–water partition coefficient (Wildman–Crippen LogP) is 2.42. The van der Waals surface area contributed by atoms with Gasteiger partial charge in [0.05, 0.1) is 30.7 Å². The van der Waals surface area contributed by atoms with Crippen molar-refractivity contribution in [2.75, 3.05) is 24.2 Å². The van der Waals surface area contributed by atoms with Crippen LogP contribution in [0.1, 0.15) is 36.9 Å². The van der Waals surface area contributed by atoms with E-state index in [1.54, 1.807) is 22.8 Å². The number of nitrogens with two attached hydrogens (primary N) is 1. The summed E-state index contributed by atoms with van der Waals surface area (Å²) in [5, 5.41) is 7.55. The van der Waals surface area contributed by atoms with E-state index in [0.29, 0.717) is 41.5 Å². The van der Waals surface area contributed by atoms with Crippen LogP contribution in [0.5, 0.6) is 5.75 Å². The van der Waals surface area contributed by atoms with Gasteiger partial charge in [0.25, 0.3) is 0 Å². The molecule has 1 saturated heterocycles. The van der Waals surface area contributed by atoms with Gasteiger partial charge in [-0.1, -0.05) is 19.1 Å². The molecule has 32 heavy (non-hydrogen) atoms. The number of anilines is 2. The van der Waals surface area contributed by atoms with Crippen LogP contribution < -0.4 is 15.8 Å². The van der Waals surface area contributed by atoms with Gasteiger partial charge in [-0.3, -0.25) is 14.3 Å². The minimum Gasteiger partial charge on any atom is -0.493 e. The number of nitrogens with one attached hydrogen (secondary N) is 1. The maximum Gasteiger partial charge on any atom is 0.313 e. The molecule has 0 radical (unpaired) electrons. The molecule has 9 heteroatoms. The minimum atomic E-state index is -0.696. The zero-order chi connectivity index (χ0) is 22.4. The Bertz CT molecular complexity index is 1220. The molecule has 1 aromatic carbocycles. The van der Waals surface area contributed by atoms with Crippen LogP contribution in [0.2, 0.25) is 0 Å². The second-order valence-corrected chi connectivity index (χ2v) is 8.66. The van der Waals surface area contributed by atoms with E-state index in [-0.39, 0.29) is 6.04 Å². The first-order valence-electron chi connectivity index (χ1n) is 10.9. The lowest BCUT2D eigenvalue weighted by Gasteiger charge is -2.38. The molecular formula is C23H26N6O3. The zero-order valence-corrected chi connectivity index (χ0v) is 18.2. The second kappa shape index (κ2) is 7.81. The third-order valence-electron chi connectivity index (χ3n) is 6.43. The molecule has 2 aliphatic heterocycles. The lowest BCUT2D eigenvalue weighted by atomic mass is 9.89. The molecule has 1 fully saturated rings. The third-order valence-corrected chi connectivity index (χ3v) is 6.43. The molecule has 2 atom stereocenters. The van der Waals surface area contributed by atoms with E-state index < -0.39 is 11.8 Å². The number of nitrogens with zero attached hydrogens (tertiary/aromatic N) is 4. The Balaban J connectivity index is 1.41. The van der Waals surface area contributed by atoms with Crippen molar-refractivity contribution >= 4 is 34.2 Å². The summed E-state index contributed by atoms with van der Waals surface area (Å²) in [6.07, 6.45) is 5.75. The molecule has 0 aliphatic carbocycles. The van der Waals surface area contributed by atoms with E-state index in [9.17, 15) is 9.59 Å². The number of fused-ring (bicyclic) bond motifs is 2. The molecular weight excluding hydrogens is 408 g/mol. The number of aryl methyl sites for hydroxylation is 1. The molecule has 0 unspecified atom stereocenters. The summed E-state index contributed by atoms with van der Waals surface area (Å²) < 4.78 is 7.31. The number of nitrogen functional groups attached to an aromatic ring is 1. The van der Waals surface area contributed by atoms with Crippen LogP contribution in [0.15, 0.2) is 30.6 Å². The summed E-state index contributed by atoms with van der Waals surface area (Å²) >= 11 is 0. The monoisotopic (exact) mass is 434 g/mol. The van der Waals surface area contributed by atoms with Crippen LogP contribution in [0.3, 0.4) is 0 Å². The Morgan fingerprint density at radius 2 is 2.09 bits per heavy atom. The zero-order valence-electron chi connectivity index (χ0n) is 18.2. The van der Waals surface area contributed by atoms with Crippen molar-refractivity contribution in [3.05, 3.63) is 41.7 Å². The van der Waals surface area contributed by atoms with Crippen molar-refractivity contribution in [1.82, 2.24) is 19.7 Å². The van der Waals surface area contributed by atoms with Crippen LogP contribution in [0.25, 0.3) is 10.9 Å². The Morgan fingerprint density at radius 3 is 2.94 bits per heavy atom. The molecule has 3 N–H and O–H groups in total. The Morgan fingerprint density at radius 1 is 1.25 bits per heavy atom. The normalized spacial score (nSPS) is 20.1. The summed E-state index contributed by atoms with van der Waals surface area (Å²) in [5.41, 5.74) is 9.15. The van der Waals surface area contributed by atoms with Crippen molar-refractivity contribution < 1.29 is 14.3 Å². The predicted molar refractivity (Wildman–Crippen MR) is 120 cm³/mol. The van der Waals surface area contributed by atoms with Gasteiger partial charge in [0.2, 0.25) is 0 Å². The van der Waals surface area contributed by atoms with Gasteiger partial charge in [0.15, 0.2) is 0 Å². The maximum absolute atomic E-state index is 13.3. The van der Waals surface area contributed by atoms with Crippen molar-refractivity contribution in [2.24, 2.45) is 13.0 Å². The van der Waals surface area contributed by atoms with Gasteiger partial charge in [-0.2, -0.15) is 5.10 Å². The minimum absolute atomic E-state index is 0.165. The molecule has 0 saturated carbocycles. The maximum atomic E-state index is 13.3. The van der Waals surface area contributed by atoms with Gasteiger partial charge in [-0.15, -0.1) is 0 Å². The molecule has 2 aromatic heterocycles. The van der Waals surface area contributed by atoms with E-state index in [2.05, 4.69) is 34.5 Å². The molecule has 9 nitrogen and oxygen atoms in total. The van der Waals surface area contributed by atoms with Crippen LogP contribution in [0, 0.1) is 5.92 Å².